The Kier molecular flexibility index (Phi) is 5.37. The van der Waals surface area contributed by atoms with Crippen molar-refractivity contribution in [3.63, 3.8) is 0 Å². The predicted molar refractivity (Wildman–Crippen MR) is 120 cm³/mol. The topological polar surface area (TPSA) is 73.2 Å². The molecule has 0 aliphatic rings. The van der Waals surface area contributed by atoms with Gasteiger partial charge in [0.05, 0.1) is 19.0 Å². The number of carbonyl (C=O) groups excluding carboxylic acids is 1. The second-order valence-corrected chi connectivity index (χ2v) is 8.21. The molecule has 0 bridgehead atoms. The molecule has 0 radical (unpaired) electrons. The fraction of sp³-hybridized carbons (Fsp3) is 0.174. The number of aromatic nitrogens is 2. The summed E-state index contributed by atoms with van der Waals surface area (Å²) in [5.74, 6) is 0.505. The summed E-state index contributed by atoms with van der Waals surface area (Å²) in [6.07, 6.45) is 1.43. The molecule has 30 heavy (non-hydrogen) atoms. The molecule has 7 heteroatoms. The van der Waals surface area contributed by atoms with Gasteiger partial charge in [0.15, 0.2) is 0 Å². The first-order valence-corrected chi connectivity index (χ1v) is 10.3. The second-order valence-electron chi connectivity index (χ2n) is 7.16. The van der Waals surface area contributed by atoms with Gasteiger partial charge in [-0.1, -0.05) is 6.07 Å². The normalized spacial score (nSPS) is 10.9. The second kappa shape index (κ2) is 8.12. The van der Waals surface area contributed by atoms with Crippen LogP contribution in [0.1, 0.15) is 11.1 Å². The highest BCUT2D eigenvalue weighted by molar-refractivity contribution is 7.22. The molecule has 0 saturated carbocycles. The van der Waals surface area contributed by atoms with E-state index in [4.69, 9.17) is 4.74 Å². The van der Waals surface area contributed by atoms with E-state index in [1.54, 1.807) is 7.11 Å². The molecule has 2 aromatic heterocycles. The molecular weight excluding hydrogens is 398 g/mol. The molecule has 0 aliphatic heterocycles. The Bertz CT molecular complexity index is 1270. The molecule has 2 heterocycles. The highest BCUT2D eigenvalue weighted by Gasteiger charge is 2.13. The molecule has 4 aromatic rings. The van der Waals surface area contributed by atoms with Crippen molar-refractivity contribution in [2.45, 2.75) is 20.4 Å². The van der Waals surface area contributed by atoms with Gasteiger partial charge >= 0.3 is 0 Å². The lowest BCUT2D eigenvalue weighted by atomic mass is 10.1. The minimum absolute atomic E-state index is 0.0927. The summed E-state index contributed by atoms with van der Waals surface area (Å²) in [4.78, 5) is 30.7. The molecule has 4 rings (SSSR count). The van der Waals surface area contributed by atoms with E-state index in [0.717, 1.165) is 33.0 Å². The van der Waals surface area contributed by atoms with Crippen LogP contribution in [0.3, 0.4) is 0 Å². The maximum Gasteiger partial charge on any atom is 0.271 e. The van der Waals surface area contributed by atoms with Gasteiger partial charge in [-0.05, 0) is 73.0 Å². The van der Waals surface area contributed by atoms with Crippen molar-refractivity contribution in [3.8, 4) is 16.2 Å². The van der Waals surface area contributed by atoms with Gasteiger partial charge in [0, 0.05) is 10.6 Å². The number of ether oxygens (including phenoxy) is 1. The summed E-state index contributed by atoms with van der Waals surface area (Å²) in [6, 6.07) is 15.4. The standard InChI is InChI=1S/C23H21N3O3S/c1-14-8-15(2)10-17(9-14)25-21(27)12-26-13-24-19-11-20(30-22(19)23(26)28)16-4-6-18(29-3)7-5-16/h4-11,13H,12H2,1-3H3,(H,25,27). The van der Waals surface area contributed by atoms with Crippen LogP contribution in [0, 0.1) is 13.8 Å². The number of aryl methyl sites for hydroxylation is 2. The van der Waals surface area contributed by atoms with Crippen LogP contribution in [-0.2, 0) is 11.3 Å². The third-order valence-electron chi connectivity index (χ3n) is 4.70. The monoisotopic (exact) mass is 419 g/mol. The smallest absolute Gasteiger partial charge is 0.271 e. The molecule has 0 spiro atoms. The number of nitrogens with one attached hydrogen (secondary N) is 1. The zero-order valence-corrected chi connectivity index (χ0v) is 17.7. The number of nitrogens with zero attached hydrogens (tertiary/aromatic N) is 2. The van der Waals surface area contributed by atoms with Gasteiger partial charge in [0.25, 0.3) is 5.56 Å². The molecule has 0 aliphatic carbocycles. The first-order chi connectivity index (χ1) is 14.4. The van der Waals surface area contributed by atoms with E-state index in [1.807, 2.05) is 62.4 Å². The zero-order chi connectivity index (χ0) is 21.3. The van der Waals surface area contributed by atoms with Crippen LogP contribution in [0.15, 0.2) is 59.7 Å². The van der Waals surface area contributed by atoms with E-state index in [-0.39, 0.29) is 18.0 Å². The zero-order valence-electron chi connectivity index (χ0n) is 16.9. The SMILES string of the molecule is COc1ccc(-c2cc3ncn(CC(=O)Nc4cc(C)cc(C)c4)c(=O)c3s2)cc1. The molecule has 0 unspecified atom stereocenters. The summed E-state index contributed by atoms with van der Waals surface area (Å²) in [6.45, 7) is 3.86. The lowest BCUT2D eigenvalue weighted by Crippen LogP contribution is -2.27. The van der Waals surface area contributed by atoms with Gasteiger partial charge in [0.2, 0.25) is 5.91 Å². The number of anilines is 1. The molecule has 6 nitrogen and oxygen atoms in total. The Balaban J connectivity index is 1.58. The predicted octanol–water partition coefficient (Wildman–Crippen LogP) is 4.39. The number of fused-ring (bicyclic) bond motifs is 1. The Morgan fingerprint density at radius 1 is 1.10 bits per heavy atom. The van der Waals surface area contributed by atoms with Gasteiger partial charge in [0.1, 0.15) is 17.0 Å². The molecule has 1 N–H and O–H groups in total. The third kappa shape index (κ3) is 4.11. The average Bonchev–Trinajstić information content (AvgIpc) is 3.14. The van der Waals surface area contributed by atoms with Crippen molar-refractivity contribution in [1.82, 2.24) is 9.55 Å². The number of hydrogen-bond acceptors (Lipinski definition) is 5. The molecular formula is C23H21N3O3S. The van der Waals surface area contributed by atoms with Crippen molar-refractivity contribution in [3.05, 3.63) is 76.3 Å². The first kappa shape index (κ1) is 19.8. The Morgan fingerprint density at radius 2 is 1.80 bits per heavy atom. The number of hydrogen-bond donors (Lipinski definition) is 1. The van der Waals surface area contributed by atoms with Crippen molar-refractivity contribution in [2.24, 2.45) is 0 Å². The Labute approximate surface area is 177 Å². The van der Waals surface area contributed by atoms with Gasteiger partial charge < -0.3 is 10.1 Å². The van der Waals surface area contributed by atoms with E-state index in [9.17, 15) is 9.59 Å². The van der Waals surface area contributed by atoms with Crippen LogP contribution < -0.4 is 15.6 Å². The molecule has 1 amide bonds. The highest BCUT2D eigenvalue weighted by Crippen LogP contribution is 2.31. The van der Waals surface area contributed by atoms with Crippen molar-refractivity contribution >= 4 is 33.1 Å². The van der Waals surface area contributed by atoms with Crippen LogP contribution in [0.2, 0.25) is 0 Å². The van der Waals surface area contributed by atoms with Gasteiger partial charge in [-0.2, -0.15) is 0 Å². The molecule has 152 valence electrons. The summed E-state index contributed by atoms with van der Waals surface area (Å²) in [7, 11) is 1.62. The summed E-state index contributed by atoms with van der Waals surface area (Å²) in [5, 5.41) is 2.85. The first-order valence-electron chi connectivity index (χ1n) is 9.44. The lowest BCUT2D eigenvalue weighted by molar-refractivity contribution is -0.116. The van der Waals surface area contributed by atoms with E-state index >= 15 is 0 Å². The van der Waals surface area contributed by atoms with E-state index in [0.29, 0.717) is 10.2 Å². The number of carbonyl (C=O) groups is 1. The highest BCUT2D eigenvalue weighted by atomic mass is 32.1. The molecule has 0 atom stereocenters. The van der Waals surface area contributed by atoms with Crippen LogP contribution in [0.25, 0.3) is 20.7 Å². The average molecular weight is 420 g/mol. The number of methoxy groups -OCH3 is 1. The molecule has 2 aromatic carbocycles. The number of rotatable bonds is 5. The van der Waals surface area contributed by atoms with Crippen molar-refractivity contribution < 1.29 is 9.53 Å². The maximum absolute atomic E-state index is 12.9. The van der Waals surface area contributed by atoms with E-state index < -0.39 is 0 Å². The van der Waals surface area contributed by atoms with Crippen molar-refractivity contribution in [2.75, 3.05) is 12.4 Å². The number of amides is 1. The summed E-state index contributed by atoms with van der Waals surface area (Å²) in [5.41, 5.74) is 4.24. The summed E-state index contributed by atoms with van der Waals surface area (Å²) >= 11 is 1.37. The fourth-order valence-corrected chi connectivity index (χ4v) is 4.42. The molecule has 0 saturated heterocycles. The molecule has 0 fully saturated rings. The van der Waals surface area contributed by atoms with Crippen LogP contribution in [0.4, 0.5) is 5.69 Å². The minimum atomic E-state index is -0.268. The van der Waals surface area contributed by atoms with Gasteiger partial charge in [-0.25, -0.2) is 4.98 Å². The third-order valence-corrected chi connectivity index (χ3v) is 5.86. The van der Waals surface area contributed by atoms with Gasteiger partial charge in [-0.15, -0.1) is 11.3 Å². The number of benzene rings is 2. The Hall–Kier alpha value is -3.45. The van der Waals surface area contributed by atoms with E-state index in [2.05, 4.69) is 10.3 Å². The maximum atomic E-state index is 12.9. The Morgan fingerprint density at radius 3 is 2.47 bits per heavy atom. The van der Waals surface area contributed by atoms with E-state index in [1.165, 1.54) is 22.2 Å². The van der Waals surface area contributed by atoms with Crippen LogP contribution >= 0.6 is 11.3 Å². The lowest BCUT2D eigenvalue weighted by Gasteiger charge is -2.09. The largest absolute Gasteiger partial charge is 0.497 e. The quantitative estimate of drug-likeness (QED) is 0.521. The van der Waals surface area contributed by atoms with Crippen LogP contribution in [0.5, 0.6) is 5.75 Å². The fourth-order valence-electron chi connectivity index (χ4n) is 3.36. The van der Waals surface area contributed by atoms with Crippen molar-refractivity contribution in [1.29, 1.82) is 0 Å². The van der Waals surface area contributed by atoms with Gasteiger partial charge in [-0.3, -0.25) is 14.2 Å². The number of thiophene rings is 1. The summed E-state index contributed by atoms with van der Waals surface area (Å²) < 4.78 is 7.06. The van der Waals surface area contributed by atoms with Crippen LogP contribution in [-0.4, -0.2) is 22.6 Å². The minimum Gasteiger partial charge on any atom is -0.497 e.